The van der Waals surface area contributed by atoms with Gasteiger partial charge in [-0.1, -0.05) is 139 Å². The summed E-state index contributed by atoms with van der Waals surface area (Å²) < 4.78 is 4.46. The maximum absolute atomic E-state index is 13.9. The lowest BCUT2D eigenvalue weighted by atomic mass is 9.83. The van der Waals surface area contributed by atoms with Gasteiger partial charge in [-0.3, -0.25) is 18.7 Å². The number of benzene rings is 2. The SMILES string of the molecule is CC.CC.CCCCC(C)C(C(=O)N[C@@H](CO)c1ccccc1)c1ccc(Cn2c(CC3=CCC=CC=C3)nc3c2c(=O)n(C)c(=O)n3C)cc1. The number of fused-ring (bicyclic) bond motifs is 1. The standard InChI is InChI=1S/C38H45N5O4.2C2H6/c1-5-6-14-26(2)33(36(45)39-31(25-44)29-17-12-9-13-18-29)30-21-19-28(20-22-30)24-43-32(23-27-15-10-7-8-11-16-27)40-35-34(43)37(46)42(4)38(47)41(35)3;2*1-2/h7-10,12-13,15-22,26,31,33,44H,5-6,11,14,23-25H2,1-4H3,(H,39,45);2*1-2H3/t26?,31-,33?;;/m0../s1. The first-order valence-electron chi connectivity index (χ1n) is 18.5. The Kier molecular flexibility index (Phi) is 16.1. The van der Waals surface area contributed by atoms with E-state index < -0.39 is 17.6 Å². The zero-order valence-electron chi connectivity index (χ0n) is 31.7. The molecule has 0 aliphatic heterocycles. The fourth-order valence-electron chi connectivity index (χ4n) is 6.36. The molecule has 0 radical (unpaired) electrons. The lowest BCUT2D eigenvalue weighted by Crippen LogP contribution is -2.37. The summed E-state index contributed by atoms with van der Waals surface area (Å²) in [5, 5.41) is 13.2. The molecule has 0 fully saturated rings. The van der Waals surface area contributed by atoms with E-state index in [2.05, 4.69) is 31.3 Å². The minimum atomic E-state index is -0.496. The van der Waals surface area contributed by atoms with Crippen LogP contribution in [0.3, 0.4) is 0 Å². The Balaban J connectivity index is 0.00000169. The molecule has 2 N–H and O–H groups in total. The molecule has 0 spiro atoms. The highest BCUT2D eigenvalue weighted by Crippen LogP contribution is 2.31. The van der Waals surface area contributed by atoms with Gasteiger partial charge >= 0.3 is 5.69 Å². The average molecular weight is 696 g/mol. The molecule has 4 aromatic rings. The molecule has 2 unspecified atom stereocenters. The number of imidazole rings is 1. The molecule has 0 bridgehead atoms. The van der Waals surface area contributed by atoms with Gasteiger partial charge in [0, 0.05) is 27.1 Å². The third kappa shape index (κ3) is 9.94. The maximum Gasteiger partial charge on any atom is 0.332 e. The second-order valence-corrected chi connectivity index (χ2v) is 12.5. The molecule has 9 nitrogen and oxygen atoms in total. The topological polar surface area (TPSA) is 111 Å². The van der Waals surface area contributed by atoms with Gasteiger partial charge in [0.2, 0.25) is 5.91 Å². The van der Waals surface area contributed by atoms with E-state index in [0.29, 0.717) is 30.0 Å². The molecule has 274 valence electrons. The van der Waals surface area contributed by atoms with Gasteiger partial charge in [-0.2, -0.15) is 0 Å². The molecule has 2 heterocycles. The van der Waals surface area contributed by atoms with E-state index in [0.717, 1.165) is 52.5 Å². The molecule has 3 atom stereocenters. The van der Waals surface area contributed by atoms with Gasteiger partial charge in [0.1, 0.15) is 5.82 Å². The number of unbranched alkanes of at least 4 members (excludes halogenated alkanes) is 1. The lowest BCUT2D eigenvalue weighted by molar-refractivity contribution is -0.124. The van der Waals surface area contributed by atoms with Gasteiger partial charge < -0.3 is 15.0 Å². The van der Waals surface area contributed by atoms with Crippen molar-refractivity contribution in [2.45, 2.75) is 92.2 Å². The van der Waals surface area contributed by atoms with Gasteiger partial charge in [-0.25, -0.2) is 9.78 Å². The van der Waals surface area contributed by atoms with Gasteiger partial charge in [-0.05, 0) is 41.0 Å². The van der Waals surface area contributed by atoms with Crippen LogP contribution >= 0.6 is 0 Å². The molecule has 2 aromatic carbocycles. The van der Waals surface area contributed by atoms with E-state index >= 15 is 0 Å². The van der Waals surface area contributed by atoms with Crippen LogP contribution in [-0.2, 0) is 31.9 Å². The number of aryl methyl sites for hydroxylation is 1. The predicted octanol–water partition coefficient (Wildman–Crippen LogP) is 7.28. The average Bonchev–Trinajstić information content (AvgIpc) is 3.31. The van der Waals surface area contributed by atoms with Crippen molar-refractivity contribution in [1.29, 1.82) is 0 Å². The molecule has 2 aromatic heterocycles. The summed E-state index contributed by atoms with van der Waals surface area (Å²) in [5.41, 5.74) is 3.71. The Bertz CT molecular complexity index is 1910. The number of aliphatic hydroxyl groups excluding tert-OH is 1. The van der Waals surface area contributed by atoms with E-state index in [1.165, 1.54) is 11.6 Å². The van der Waals surface area contributed by atoms with E-state index in [4.69, 9.17) is 4.98 Å². The number of allylic oxidation sites excluding steroid dienone is 6. The Morgan fingerprint density at radius 1 is 0.941 bits per heavy atom. The number of nitrogens with one attached hydrogen (secondary N) is 1. The van der Waals surface area contributed by atoms with Crippen molar-refractivity contribution in [1.82, 2.24) is 24.0 Å². The summed E-state index contributed by atoms with van der Waals surface area (Å²) in [6.07, 6.45) is 14.5. The molecule has 5 rings (SSSR count). The van der Waals surface area contributed by atoms with Crippen LogP contribution in [0.15, 0.2) is 100 Å². The van der Waals surface area contributed by atoms with Gasteiger partial charge in [0.05, 0.1) is 18.6 Å². The smallest absolute Gasteiger partial charge is 0.332 e. The van der Waals surface area contributed by atoms with Crippen LogP contribution in [-0.4, -0.2) is 36.3 Å². The molecule has 0 saturated carbocycles. The number of aromatic nitrogens is 4. The molecule has 0 saturated heterocycles. The van der Waals surface area contributed by atoms with Crippen LogP contribution in [0.25, 0.3) is 11.2 Å². The third-order valence-electron chi connectivity index (χ3n) is 9.11. The zero-order chi connectivity index (χ0) is 37.5. The Morgan fingerprint density at radius 2 is 1.63 bits per heavy atom. The zero-order valence-corrected chi connectivity index (χ0v) is 31.7. The maximum atomic E-state index is 13.9. The highest BCUT2D eigenvalue weighted by molar-refractivity contribution is 5.84. The highest BCUT2D eigenvalue weighted by Gasteiger charge is 2.29. The van der Waals surface area contributed by atoms with Crippen molar-refractivity contribution in [3.8, 4) is 0 Å². The van der Waals surface area contributed by atoms with Crippen molar-refractivity contribution in [2.24, 2.45) is 20.0 Å². The number of hydrogen-bond donors (Lipinski definition) is 2. The monoisotopic (exact) mass is 695 g/mol. The molecule has 51 heavy (non-hydrogen) atoms. The molecular weight excluding hydrogens is 638 g/mol. The van der Waals surface area contributed by atoms with Crippen molar-refractivity contribution < 1.29 is 9.90 Å². The number of carbonyl (C=O) groups is 1. The number of nitrogens with zero attached hydrogens (tertiary/aromatic N) is 4. The van der Waals surface area contributed by atoms with Gasteiger partial charge in [-0.15, -0.1) is 0 Å². The summed E-state index contributed by atoms with van der Waals surface area (Å²) in [5.74, 6) is 0.263. The Labute approximate surface area is 303 Å². The van der Waals surface area contributed by atoms with Gasteiger partial charge in [0.15, 0.2) is 11.2 Å². The van der Waals surface area contributed by atoms with Crippen molar-refractivity contribution in [3.05, 3.63) is 134 Å². The van der Waals surface area contributed by atoms with Crippen LogP contribution in [0.4, 0.5) is 0 Å². The van der Waals surface area contributed by atoms with E-state index in [-0.39, 0.29) is 24.0 Å². The first-order chi connectivity index (χ1) is 24.7. The Morgan fingerprint density at radius 3 is 2.27 bits per heavy atom. The van der Waals surface area contributed by atoms with Crippen molar-refractivity contribution in [2.75, 3.05) is 6.61 Å². The largest absolute Gasteiger partial charge is 0.394 e. The summed E-state index contributed by atoms with van der Waals surface area (Å²) in [7, 11) is 3.13. The van der Waals surface area contributed by atoms with E-state index in [1.807, 2.05) is 105 Å². The van der Waals surface area contributed by atoms with Gasteiger partial charge in [0.25, 0.3) is 5.56 Å². The fraction of sp³-hybridized carbons (Fsp3) is 0.429. The highest BCUT2D eigenvalue weighted by atomic mass is 16.3. The number of carbonyl (C=O) groups excluding carboxylic acids is 1. The number of hydrogen-bond acceptors (Lipinski definition) is 5. The number of aliphatic hydroxyl groups is 1. The quantitative estimate of drug-likeness (QED) is 0.153. The van der Waals surface area contributed by atoms with E-state index in [1.54, 1.807) is 7.05 Å². The number of amides is 1. The third-order valence-corrected chi connectivity index (χ3v) is 9.11. The van der Waals surface area contributed by atoms with Crippen molar-refractivity contribution >= 4 is 17.1 Å². The lowest BCUT2D eigenvalue weighted by Gasteiger charge is -2.27. The summed E-state index contributed by atoms with van der Waals surface area (Å²) >= 11 is 0. The summed E-state index contributed by atoms with van der Waals surface area (Å²) in [6, 6.07) is 17.0. The molecule has 1 aliphatic rings. The van der Waals surface area contributed by atoms with Crippen LogP contribution in [0.5, 0.6) is 0 Å². The molecule has 1 amide bonds. The summed E-state index contributed by atoms with van der Waals surface area (Å²) in [6.45, 7) is 12.4. The molecule has 9 heteroatoms. The van der Waals surface area contributed by atoms with Crippen LogP contribution in [0, 0.1) is 5.92 Å². The molecule has 1 aliphatic carbocycles. The first-order valence-corrected chi connectivity index (χ1v) is 18.5. The van der Waals surface area contributed by atoms with E-state index in [9.17, 15) is 19.5 Å². The van der Waals surface area contributed by atoms with Crippen LogP contribution < -0.4 is 16.6 Å². The fourth-order valence-corrected chi connectivity index (χ4v) is 6.36. The van der Waals surface area contributed by atoms with Crippen LogP contribution in [0.1, 0.15) is 102 Å². The minimum Gasteiger partial charge on any atom is -0.394 e. The minimum absolute atomic E-state index is 0.0832. The second-order valence-electron chi connectivity index (χ2n) is 12.5. The molecular formula is C42H57N5O4. The normalized spacial score (nSPS) is 13.9. The second kappa shape index (κ2) is 20.2. The Hall–Kier alpha value is -4.76. The first kappa shape index (κ1) is 40.7. The van der Waals surface area contributed by atoms with Crippen molar-refractivity contribution in [3.63, 3.8) is 0 Å². The predicted molar refractivity (Wildman–Crippen MR) is 209 cm³/mol. The summed E-state index contributed by atoms with van der Waals surface area (Å²) in [4.78, 5) is 44.9. The number of rotatable bonds is 13. The van der Waals surface area contributed by atoms with Crippen LogP contribution in [0.2, 0.25) is 0 Å².